The Hall–Kier alpha value is -0.0800. The number of aliphatic imine (C=N–C) groups is 1. The first-order chi connectivity index (χ1) is 13.3. The molecule has 0 bridgehead atoms. The molecule has 164 valence electrons. The molecule has 0 amide bonds. The summed E-state index contributed by atoms with van der Waals surface area (Å²) in [6.45, 7) is 8.86. The SMILES string of the molecule is CCNC(=NCCCOC1CCOCC1)N1CCCC2(CCCCCC2)C1.I. The van der Waals surface area contributed by atoms with Gasteiger partial charge in [-0.05, 0) is 57.3 Å². The van der Waals surface area contributed by atoms with E-state index in [4.69, 9.17) is 14.5 Å². The van der Waals surface area contributed by atoms with Crippen molar-refractivity contribution in [3.05, 3.63) is 0 Å². The third kappa shape index (κ3) is 7.63. The van der Waals surface area contributed by atoms with Crippen LogP contribution in [-0.4, -0.2) is 63.0 Å². The zero-order chi connectivity index (χ0) is 18.8. The normalized spacial score (nSPS) is 23.9. The minimum atomic E-state index is 0. The number of likely N-dealkylation sites (tertiary alicyclic amines) is 1. The second-order valence-corrected chi connectivity index (χ2v) is 8.71. The van der Waals surface area contributed by atoms with Gasteiger partial charge in [0.25, 0.3) is 0 Å². The molecule has 1 N–H and O–H groups in total. The summed E-state index contributed by atoms with van der Waals surface area (Å²) in [5.74, 6) is 1.13. The second kappa shape index (κ2) is 13.3. The Morgan fingerprint density at radius 3 is 2.54 bits per heavy atom. The lowest BCUT2D eigenvalue weighted by atomic mass is 9.74. The third-order valence-electron chi connectivity index (χ3n) is 6.55. The molecule has 0 unspecified atom stereocenters. The van der Waals surface area contributed by atoms with Crippen molar-refractivity contribution in [1.82, 2.24) is 10.2 Å². The van der Waals surface area contributed by atoms with E-state index in [1.54, 1.807) is 0 Å². The van der Waals surface area contributed by atoms with E-state index in [-0.39, 0.29) is 24.0 Å². The average molecular weight is 508 g/mol. The van der Waals surface area contributed by atoms with Gasteiger partial charge in [0.15, 0.2) is 5.96 Å². The molecule has 0 aromatic carbocycles. The standard InChI is InChI=1S/C22H41N3O2.HI/c1-2-23-21(24-14-8-16-27-20-9-17-26-18-10-20)25-15-7-13-22(19-25)11-5-3-4-6-12-22;/h20H,2-19H2,1H3,(H,23,24);1H. The number of piperidine rings is 1. The number of hydrogen-bond donors (Lipinski definition) is 1. The van der Waals surface area contributed by atoms with E-state index in [1.165, 1.54) is 57.9 Å². The monoisotopic (exact) mass is 507 g/mol. The molecule has 1 saturated carbocycles. The first kappa shape index (κ1) is 24.2. The Kier molecular flexibility index (Phi) is 11.5. The highest BCUT2D eigenvalue weighted by atomic mass is 127. The van der Waals surface area contributed by atoms with E-state index in [0.717, 1.165) is 64.7 Å². The van der Waals surface area contributed by atoms with Gasteiger partial charge in [-0.25, -0.2) is 0 Å². The lowest BCUT2D eigenvalue weighted by Gasteiger charge is -2.44. The van der Waals surface area contributed by atoms with Crippen LogP contribution in [0.3, 0.4) is 0 Å². The Morgan fingerprint density at radius 2 is 1.82 bits per heavy atom. The third-order valence-corrected chi connectivity index (χ3v) is 6.55. The molecule has 3 rings (SSSR count). The topological polar surface area (TPSA) is 46.1 Å². The number of nitrogens with zero attached hydrogens (tertiary/aromatic N) is 2. The van der Waals surface area contributed by atoms with Gasteiger partial charge in [0.05, 0.1) is 6.10 Å². The van der Waals surface area contributed by atoms with Gasteiger partial charge in [-0.1, -0.05) is 25.7 Å². The maximum absolute atomic E-state index is 5.99. The van der Waals surface area contributed by atoms with Gasteiger partial charge in [-0.3, -0.25) is 4.99 Å². The Bertz CT molecular complexity index is 447. The summed E-state index contributed by atoms with van der Waals surface area (Å²) >= 11 is 0. The maximum atomic E-state index is 5.99. The highest BCUT2D eigenvalue weighted by Crippen LogP contribution is 2.42. The summed E-state index contributed by atoms with van der Waals surface area (Å²) in [7, 11) is 0. The molecule has 0 aromatic heterocycles. The number of halogens is 1. The van der Waals surface area contributed by atoms with Crippen molar-refractivity contribution in [2.75, 3.05) is 46.0 Å². The van der Waals surface area contributed by atoms with E-state index in [1.807, 2.05) is 0 Å². The Morgan fingerprint density at radius 1 is 1.11 bits per heavy atom. The predicted molar refractivity (Wildman–Crippen MR) is 127 cm³/mol. The van der Waals surface area contributed by atoms with Crippen molar-refractivity contribution in [3.8, 4) is 0 Å². The summed E-state index contributed by atoms with van der Waals surface area (Å²) in [5, 5.41) is 3.55. The largest absolute Gasteiger partial charge is 0.381 e. The van der Waals surface area contributed by atoms with Crippen LogP contribution >= 0.6 is 24.0 Å². The average Bonchev–Trinajstić information content (AvgIpc) is 2.93. The summed E-state index contributed by atoms with van der Waals surface area (Å²) < 4.78 is 11.4. The van der Waals surface area contributed by atoms with Crippen LogP contribution in [-0.2, 0) is 9.47 Å². The minimum Gasteiger partial charge on any atom is -0.381 e. The van der Waals surface area contributed by atoms with Crippen molar-refractivity contribution < 1.29 is 9.47 Å². The summed E-state index contributed by atoms with van der Waals surface area (Å²) in [6, 6.07) is 0. The summed E-state index contributed by atoms with van der Waals surface area (Å²) in [5.41, 5.74) is 0.553. The van der Waals surface area contributed by atoms with Crippen LogP contribution in [0.4, 0.5) is 0 Å². The van der Waals surface area contributed by atoms with E-state index >= 15 is 0 Å². The summed E-state index contributed by atoms with van der Waals surface area (Å²) in [4.78, 5) is 7.50. The Labute approximate surface area is 189 Å². The molecule has 5 nitrogen and oxygen atoms in total. The molecule has 3 aliphatic rings. The molecule has 6 heteroatoms. The van der Waals surface area contributed by atoms with Gasteiger partial charge >= 0.3 is 0 Å². The van der Waals surface area contributed by atoms with Crippen LogP contribution in [0.2, 0.25) is 0 Å². The van der Waals surface area contributed by atoms with E-state index in [2.05, 4.69) is 17.1 Å². The molecule has 2 aliphatic heterocycles. The second-order valence-electron chi connectivity index (χ2n) is 8.71. The first-order valence-corrected chi connectivity index (χ1v) is 11.5. The maximum Gasteiger partial charge on any atom is 0.193 e. The van der Waals surface area contributed by atoms with E-state index < -0.39 is 0 Å². The molecule has 0 atom stereocenters. The fraction of sp³-hybridized carbons (Fsp3) is 0.955. The van der Waals surface area contributed by atoms with Gasteiger partial charge in [-0.2, -0.15) is 0 Å². The molecule has 0 aromatic rings. The molecule has 1 aliphatic carbocycles. The number of hydrogen-bond acceptors (Lipinski definition) is 3. The molecule has 0 radical (unpaired) electrons. The van der Waals surface area contributed by atoms with Crippen LogP contribution in [0, 0.1) is 5.41 Å². The molecule has 2 heterocycles. The summed E-state index contributed by atoms with van der Waals surface area (Å²) in [6.07, 6.45) is 14.8. The number of guanidine groups is 1. The van der Waals surface area contributed by atoms with Crippen molar-refractivity contribution >= 4 is 29.9 Å². The molecule has 3 fully saturated rings. The quantitative estimate of drug-likeness (QED) is 0.247. The van der Waals surface area contributed by atoms with Crippen molar-refractivity contribution in [2.24, 2.45) is 10.4 Å². The van der Waals surface area contributed by atoms with Gasteiger partial charge in [-0.15, -0.1) is 24.0 Å². The van der Waals surface area contributed by atoms with Gasteiger partial charge in [0, 0.05) is 46.0 Å². The first-order valence-electron chi connectivity index (χ1n) is 11.5. The predicted octanol–water partition coefficient (Wildman–Crippen LogP) is 4.59. The lowest BCUT2D eigenvalue weighted by Crippen LogP contribution is -2.50. The van der Waals surface area contributed by atoms with Gasteiger partial charge < -0.3 is 19.7 Å². The van der Waals surface area contributed by atoms with Crippen LogP contribution in [0.1, 0.15) is 77.6 Å². The molecule has 2 saturated heterocycles. The molecular formula is C22H42IN3O2. The zero-order valence-corrected chi connectivity index (χ0v) is 20.3. The smallest absolute Gasteiger partial charge is 0.193 e. The molecular weight excluding hydrogens is 465 g/mol. The number of rotatable bonds is 6. The highest BCUT2D eigenvalue weighted by Gasteiger charge is 2.36. The lowest BCUT2D eigenvalue weighted by molar-refractivity contribution is -0.0318. The van der Waals surface area contributed by atoms with Crippen LogP contribution in [0.25, 0.3) is 0 Å². The van der Waals surface area contributed by atoms with E-state index in [0.29, 0.717) is 11.5 Å². The van der Waals surface area contributed by atoms with Crippen LogP contribution in [0.5, 0.6) is 0 Å². The number of ether oxygens (including phenoxy) is 2. The van der Waals surface area contributed by atoms with Gasteiger partial charge in [0.1, 0.15) is 0 Å². The minimum absolute atomic E-state index is 0. The number of nitrogens with one attached hydrogen (secondary N) is 1. The van der Waals surface area contributed by atoms with E-state index in [9.17, 15) is 0 Å². The fourth-order valence-corrected chi connectivity index (χ4v) is 5.04. The van der Waals surface area contributed by atoms with Crippen LogP contribution in [0.15, 0.2) is 4.99 Å². The fourth-order valence-electron chi connectivity index (χ4n) is 5.04. The van der Waals surface area contributed by atoms with Crippen molar-refractivity contribution in [3.63, 3.8) is 0 Å². The highest BCUT2D eigenvalue weighted by molar-refractivity contribution is 14.0. The molecule has 1 spiro atoms. The zero-order valence-electron chi connectivity index (χ0n) is 17.9. The van der Waals surface area contributed by atoms with Gasteiger partial charge in [0.2, 0.25) is 0 Å². The molecule has 28 heavy (non-hydrogen) atoms. The van der Waals surface area contributed by atoms with Crippen molar-refractivity contribution in [1.29, 1.82) is 0 Å². The Balaban J connectivity index is 0.00000280. The van der Waals surface area contributed by atoms with Crippen molar-refractivity contribution in [2.45, 2.75) is 83.7 Å². The van der Waals surface area contributed by atoms with Crippen LogP contribution < -0.4 is 5.32 Å².